The summed E-state index contributed by atoms with van der Waals surface area (Å²) in [5.74, 6) is -1.99. The maximum Gasteiger partial charge on any atom is 0.327 e. The number of rotatable bonds is 3. The molecule has 5 nitrogen and oxygen atoms in total. The highest BCUT2D eigenvalue weighted by Crippen LogP contribution is 2.26. The molecule has 1 heterocycles. The molecule has 3 rings (SSSR count). The molecule has 140 valence electrons. The van der Waals surface area contributed by atoms with Gasteiger partial charge in [0, 0.05) is 34.0 Å². The average Bonchev–Trinajstić information content (AvgIpc) is 2.62. The summed E-state index contributed by atoms with van der Waals surface area (Å²) in [6.07, 6.45) is 2.48. The minimum absolute atomic E-state index is 0.0917. The first-order chi connectivity index (χ1) is 12.8. The predicted molar refractivity (Wildman–Crippen MR) is 98.2 cm³/mol. The summed E-state index contributed by atoms with van der Waals surface area (Å²) in [5.41, 5.74) is 0.377. The molecule has 0 aromatic heterocycles. The molecule has 1 aliphatic rings. The average molecular weight is 412 g/mol. The van der Waals surface area contributed by atoms with Crippen LogP contribution in [0.15, 0.2) is 48.7 Å². The van der Waals surface area contributed by atoms with Crippen LogP contribution in [0.2, 0.25) is 10.0 Å². The van der Waals surface area contributed by atoms with Gasteiger partial charge in [0.05, 0.1) is 12.2 Å². The van der Waals surface area contributed by atoms with Gasteiger partial charge in [-0.25, -0.2) is 13.6 Å². The Morgan fingerprint density at radius 3 is 2.52 bits per heavy atom. The van der Waals surface area contributed by atoms with Gasteiger partial charge in [-0.05, 0) is 24.3 Å². The van der Waals surface area contributed by atoms with Gasteiger partial charge < -0.3 is 10.2 Å². The molecule has 2 aromatic carbocycles. The zero-order valence-electron chi connectivity index (χ0n) is 13.8. The number of benzene rings is 2. The number of halogens is 4. The van der Waals surface area contributed by atoms with Crippen LogP contribution >= 0.6 is 23.2 Å². The quantitative estimate of drug-likeness (QED) is 0.800. The largest absolute Gasteiger partial charge is 0.327 e. The van der Waals surface area contributed by atoms with Gasteiger partial charge in [-0.1, -0.05) is 29.3 Å². The van der Waals surface area contributed by atoms with Crippen molar-refractivity contribution in [1.82, 2.24) is 9.80 Å². The van der Waals surface area contributed by atoms with Crippen LogP contribution in [-0.4, -0.2) is 28.4 Å². The normalized spacial score (nSPS) is 13.9. The van der Waals surface area contributed by atoms with E-state index in [1.807, 2.05) is 0 Å². The number of nitrogens with zero attached hydrogens (tertiary/aromatic N) is 2. The third-order valence-corrected chi connectivity index (χ3v) is 4.58. The van der Waals surface area contributed by atoms with Gasteiger partial charge in [0.2, 0.25) is 5.91 Å². The van der Waals surface area contributed by atoms with Crippen molar-refractivity contribution in [1.29, 1.82) is 0 Å². The molecule has 1 aliphatic heterocycles. The summed E-state index contributed by atoms with van der Waals surface area (Å²) in [5, 5.41) is 3.13. The highest BCUT2D eigenvalue weighted by molar-refractivity contribution is 6.36. The van der Waals surface area contributed by atoms with E-state index < -0.39 is 17.7 Å². The molecule has 0 bridgehead atoms. The van der Waals surface area contributed by atoms with Gasteiger partial charge >= 0.3 is 6.03 Å². The Bertz CT molecular complexity index is 917. The van der Waals surface area contributed by atoms with Crippen LogP contribution in [0.25, 0.3) is 0 Å². The number of anilines is 1. The van der Waals surface area contributed by atoms with Crippen molar-refractivity contribution in [3.63, 3.8) is 0 Å². The maximum atomic E-state index is 13.7. The van der Waals surface area contributed by atoms with E-state index in [-0.39, 0.29) is 24.8 Å². The number of hydrogen-bond acceptors (Lipinski definition) is 2. The molecular weight excluding hydrogens is 399 g/mol. The fourth-order valence-corrected chi connectivity index (χ4v) is 2.99. The molecule has 0 saturated carbocycles. The van der Waals surface area contributed by atoms with Crippen molar-refractivity contribution < 1.29 is 18.4 Å². The van der Waals surface area contributed by atoms with Gasteiger partial charge in [0.25, 0.3) is 0 Å². The van der Waals surface area contributed by atoms with E-state index in [1.54, 1.807) is 18.2 Å². The number of amides is 3. The van der Waals surface area contributed by atoms with E-state index in [1.165, 1.54) is 22.1 Å². The van der Waals surface area contributed by atoms with Crippen LogP contribution < -0.4 is 5.32 Å². The molecule has 27 heavy (non-hydrogen) atoms. The second kappa shape index (κ2) is 7.94. The van der Waals surface area contributed by atoms with Gasteiger partial charge in [0.1, 0.15) is 18.3 Å². The predicted octanol–water partition coefficient (Wildman–Crippen LogP) is 4.62. The fraction of sp³-hybridized carbons (Fsp3) is 0.111. The molecule has 9 heteroatoms. The first-order valence-electron chi connectivity index (χ1n) is 7.78. The summed E-state index contributed by atoms with van der Waals surface area (Å²) in [4.78, 5) is 27.0. The zero-order chi connectivity index (χ0) is 19.6. The second-order valence-corrected chi connectivity index (χ2v) is 6.53. The minimum Gasteiger partial charge on any atom is -0.316 e. The van der Waals surface area contributed by atoms with Crippen molar-refractivity contribution in [2.24, 2.45) is 0 Å². The van der Waals surface area contributed by atoms with Crippen molar-refractivity contribution in [3.05, 3.63) is 75.9 Å². The van der Waals surface area contributed by atoms with Crippen LogP contribution in [0.1, 0.15) is 5.56 Å². The molecule has 0 spiro atoms. The molecule has 0 saturated heterocycles. The van der Waals surface area contributed by atoms with E-state index in [0.29, 0.717) is 21.7 Å². The molecule has 0 aliphatic carbocycles. The topological polar surface area (TPSA) is 52.7 Å². The summed E-state index contributed by atoms with van der Waals surface area (Å²) >= 11 is 12.3. The molecule has 0 atom stereocenters. The first kappa shape index (κ1) is 19.1. The van der Waals surface area contributed by atoms with Gasteiger partial charge in [0.15, 0.2) is 0 Å². The summed E-state index contributed by atoms with van der Waals surface area (Å²) in [7, 11) is 0. The Morgan fingerprint density at radius 2 is 1.85 bits per heavy atom. The monoisotopic (exact) mass is 411 g/mol. The van der Waals surface area contributed by atoms with E-state index in [0.717, 1.165) is 12.1 Å². The molecule has 1 N–H and O–H groups in total. The van der Waals surface area contributed by atoms with Crippen LogP contribution in [0, 0.1) is 11.6 Å². The summed E-state index contributed by atoms with van der Waals surface area (Å²) < 4.78 is 26.7. The molecule has 0 unspecified atom stereocenters. The number of urea groups is 1. The van der Waals surface area contributed by atoms with E-state index >= 15 is 0 Å². The highest BCUT2D eigenvalue weighted by atomic mass is 35.5. The van der Waals surface area contributed by atoms with Crippen LogP contribution in [0.4, 0.5) is 19.3 Å². The van der Waals surface area contributed by atoms with Gasteiger partial charge in [-0.3, -0.25) is 9.69 Å². The van der Waals surface area contributed by atoms with Crippen molar-refractivity contribution in [2.75, 3.05) is 12.0 Å². The fourth-order valence-electron chi connectivity index (χ4n) is 2.47. The van der Waals surface area contributed by atoms with Gasteiger partial charge in [-0.15, -0.1) is 0 Å². The third-order valence-electron chi connectivity index (χ3n) is 3.88. The smallest absolute Gasteiger partial charge is 0.316 e. The standard InChI is InChI=1S/C18H13Cl2F2N3O2/c19-13-2-1-3-14(20)12(13)9-25-10-24(7-6-17(25)26)18(27)23-16-5-4-11(21)8-15(16)22/h1-8H,9-10H2,(H,23,27). The van der Waals surface area contributed by atoms with Crippen LogP contribution in [0.3, 0.4) is 0 Å². The molecule has 0 fully saturated rings. The van der Waals surface area contributed by atoms with Gasteiger partial charge in [-0.2, -0.15) is 0 Å². The highest BCUT2D eigenvalue weighted by Gasteiger charge is 2.24. The van der Waals surface area contributed by atoms with Crippen LogP contribution in [-0.2, 0) is 11.3 Å². The molecule has 2 aromatic rings. The Hall–Kier alpha value is -2.64. The van der Waals surface area contributed by atoms with Crippen LogP contribution in [0.5, 0.6) is 0 Å². The first-order valence-corrected chi connectivity index (χ1v) is 8.53. The lowest BCUT2D eigenvalue weighted by atomic mass is 10.2. The summed E-state index contributed by atoms with van der Waals surface area (Å²) in [6, 6.07) is 7.10. The van der Waals surface area contributed by atoms with E-state index in [2.05, 4.69) is 5.32 Å². The lowest BCUT2D eigenvalue weighted by Gasteiger charge is -2.31. The van der Waals surface area contributed by atoms with E-state index in [4.69, 9.17) is 23.2 Å². The number of carbonyl (C=O) groups excluding carboxylic acids is 2. The zero-order valence-corrected chi connectivity index (χ0v) is 15.3. The Morgan fingerprint density at radius 1 is 1.15 bits per heavy atom. The number of nitrogens with one attached hydrogen (secondary N) is 1. The Labute approximate surface area is 163 Å². The van der Waals surface area contributed by atoms with E-state index in [9.17, 15) is 18.4 Å². The Balaban J connectivity index is 1.73. The maximum absolute atomic E-state index is 13.7. The molecular formula is C18H13Cl2F2N3O2. The third kappa shape index (κ3) is 4.37. The van der Waals surface area contributed by atoms with Crippen molar-refractivity contribution in [3.8, 4) is 0 Å². The number of hydrogen-bond donors (Lipinski definition) is 1. The lowest BCUT2D eigenvalue weighted by molar-refractivity contribution is -0.128. The SMILES string of the molecule is O=C(Nc1ccc(F)cc1F)N1C=CC(=O)N(Cc2c(Cl)cccc2Cl)C1. The number of carbonyl (C=O) groups is 2. The summed E-state index contributed by atoms with van der Waals surface area (Å²) in [6.45, 7) is 0.00189. The molecule has 0 radical (unpaired) electrons. The van der Waals surface area contributed by atoms with Crippen molar-refractivity contribution in [2.45, 2.75) is 6.54 Å². The Kier molecular flexibility index (Phi) is 5.62. The van der Waals surface area contributed by atoms with Crippen molar-refractivity contribution >= 4 is 40.8 Å². The molecule has 3 amide bonds. The lowest BCUT2D eigenvalue weighted by Crippen LogP contribution is -2.45. The second-order valence-electron chi connectivity index (χ2n) is 5.72. The minimum atomic E-state index is -0.903.